The zero-order valence-electron chi connectivity index (χ0n) is 12.1. The predicted octanol–water partition coefficient (Wildman–Crippen LogP) is 5.42. The fourth-order valence-corrected chi connectivity index (χ4v) is 3.05. The maximum atomic E-state index is 12.6. The Bertz CT molecular complexity index is 975. The standard InChI is InChI=1S/C17H10BrClN2O3/c18-14-6-2-3-11-12(14)4-1-5-13(11)17(22)20-16-9-10(21(23)24)7-8-15(16)19/h1-9H,(H,20,22). The molecule has 3 rings (SSSR count). The van der Waals surface area contributed by atoms with Crippen molar-refractivity contribution < 1.29 is 9.72 Å². The molecule has 0 aliphatic rings. The molecule has 0 bridgehead atoms. The Hall–Kier alpha value is -2.44. The second-order valence-corrected chi connectivity index (χ2v) is 6.28. The summed E-state index contributed by atoms with van der Waals surface area (Å²) in [6.45, 7) is 0. The van der Waals surface area contributed by atoms with Crippen LogP contribution in [0.3, 0.4) is 0 Å². The summed E-state index contributed by atoms with van der Waals surface area (Å²) in [5.74, 6) is -0.388. The van der Waals surface area contributed by atoms with E-state index >= 15 is 0 Å². The third-order valence-electron chi connectivity index (χ3n) is 3.52. The molecule has 0 saturated carbocycles. The van der Waals surface area contributed by atoms with Gasteiger partial charge in [-0.15, -0.1) is 0 Å². The first-order valence-corrected chi connectivity index (χ1v) is 8.07. The van der Waals surface area contributed by atoms with Crippen LogP contribution in [-0.2, 0) is 0 Å². The first kappa shape index (κ1) is 16.4. The van der Waals surface area contributed by atoms with Crippen LogP contribution in [0.1, 0.15) is 10.4 Å². The Kier molecular flexibility index (Phi) is 4.51. The normalized spacial score (nSPS) is 10.6. The lowest BCUT2D eigenvalue weighted by atomic mass is 10.0. The molecule has 7 heteroatoms. The van der Waals surface area contributed by atoms with Gasteiger partial charge in [0.25, 0.3) is 11.6 Å². The fraction of sp³-hybridized carbons (Fsp3) is 0. The Labute approximate surface area is 150 Å². The second kappa shape index (κ2) is 6.59. The summed E-state index contributed by atoms with van der Waals surface area (Å²) in [5, 5.41) is 15.4. The Balaban J connectivity index is 2.01. The average molecular weight is 406 g/mol. The molecule has 24 heavy (non-hydrogen) atoms. The van der Waals surface area contributed by atoms with Gasteiger partial charge in [-0.1, -0.05) is 51.8 Å². The number of anilines is 1. The topological polar surface area (TPSA) is 72.2 Å². The summed E-state index contributed by atoms with van der Waals surface area (Å²) in [4.78, 5) is 23.0. The van der Waals surface area contributed by atoms with Gasteiger partial charge in [-0.3, -0.25) is 14.9 Å². The first-order chi connectivity index (χ1) is 11.5. The van der Waals surface area contributed by atoms with E-state index in [0.29, 0.717) is 5.56 Å². The van der Waals surface area contributed by atoms with Crippen LogP contribution in [0.15, 0.2) is 59.1 Å². The molecule has 1 amide bonds. The minimum absolute atomic E-state index is 0.143. The number of rotatable bonds is 3. The predicted molar refractivity (Wildman–Crippen MR) is 97.7 cm³/mol. The Morgan fingerprint density at radius 1 is 1.08 bits per heavy atom. The number of hydrogen-bond donors (Lipinski definition) is 1. The van der Waals surface area contributed by atoms with E-state index in [4.69, 9.17) is 11.6 Å². The fourth-order valence-electron chi connectivity index (χ4n) is 2.38. The molecular formula is C17H10BrClN2O3. The number of amides is 1. The van der Waals surface area contributed by atoms with E-state index in [2.05, 4.69) is 21.2 Å². The number of benzene rings is 3. The molecule has 0 aromatic heterocycles. The highest BCUT2D eigenvalue weighted by Gasteiger charge is 2.15. The summed E-state index contributed by atoms with van der Waals surface area (Å²) < 4.78 is 0.878. The van der Waals surface area contributed by atoms with Crippen LogP contribution in [0, 0.1) is 10.1 Å². The number of nitrogens with one attached hydrogen (secondary N) is 1. The molecule has 0 aliphatic carbocycles. The first-order valence-electron chi connectivity index (χ1n) is 6.90. The van der Waals surface area contributed by atoms with Gasteiger partial charge in [0.2, 0.25) is 0 Å². The molecular weight excluding hydrogens is 396 g/mol. The monoisotopic (exact) mass is 404 g/mol. The number of nitro groups is 1. The lowest BCUT2D eigenvalue weighted by Crippen LogP contribution is -2.13. The maximum absolute atomic E-state index is 12.6. The molecule has 3 aromatic carbocycles. The molecule has 0 fully saturated rings. The highest BCUT2D eigenvalue weighted by atomic mass is 79.9. The molecule has 0 radical (unpaired) electrons. The van der Waals surface area contributed by atoms with Crippen LogP contribution < -0.4 is 5.32 Å². The van der Waals surface area contributed by atoms with Crippen molar-refractivity contribution in [3.05, 3.63) is 79.8 Å². The quantitative estimate of drug-likeness (QED) is 0.467. The molecule has 0 atom stereocenters. The minimum atomic E-state index is -0.541. The highest BCUT2D eigenvalue weighted by molar-refractivity contribution is 9.10. The summed E-state index contributed by atoms with van der Waals surface area (Å²) >= 11 is 9.49. The van der Waals surface area contributed by atoms with E-state index in [-0.39, 0.29) is 22.3 Å². The molecule has 1 N–H and O–H groups in total. The van der Waals surface area contributed by atoms with E-state index in [1.54, 1.807) is 12.1 Å². The number of halogens is 2. The number of non-ortho nitro benzene ring substituents is 1. The third-order valence-corrected chi connectivity index (χ3v) is 4.54. The van der Waals surface area contributed by atoms with E-state index in [0.717, 1.165) is 15.2 Å². The molecule has 3 aromatic rings. The van der Waals surface area contributed by atoms with Crippen LogP contribution in [-0.4, -0.2) is 10.8 Å². The van der Waals surface area contributed by atoms with Crippen molar-refractivity contribution in [2.24, 2.45) is 0 Å². The third kappa shape index (κ3) is 3.11. The van der Waals surface area contributed by atoms with Gasteiger partial charge in [0.05, 0.1) is 15.6 Å². The summed E-state index contributed by atoms with van der Waals surface area (Å²) in [7, 11) is 0. The van der Waals surface area contributed by atoms with Crippen molar-refractivity contribution in [3.63, 3.8) is 0 Å². The average Bonchev–Trinajstić information content (AvgIpc) is 2.56. The van der Waals surface area contributed by atoms with Crippen LogP contribution >= 0.6 is 27.5 Å². The highest BCUT2D eigenvalue weighted by Crippen LogP contribution is 2.29. The minimum Gasteiger partial charge on any atom is -0.320 e. The molecule has 0 unspecified atom stereocenters. The lowest BCUT2D eigenvalue weighted by Gasteiger charge is -2.10. The number of hydrogen-bond acceptors (Lipinski definition) is 3. The zero-order chi connectivity index (χ0) is 17.3. The van der Waals surface area contributed by atoms with Crippen LogP contribution in [0.25, 0.3) is 10.8 Å². The van der Waals surface area contributed by atoms with Gasteiger partial charge < -0.3 is 5.32 Å². The van der Waals surface area contributed by atoms with E-state index < -0.39 is 4.92 Å². The number of nitrogens with zero attached hydrogens (tertiary/aromatic N) is 1. The van der Waals surface area contributed by atoms with Crippen molar-refractivity contribution >= 4 is 55.6 Å². The van der Waals surface area contributed by atoms with Gasteiger partial charge in [0, 0.05) is 22.2 Å². The largest absolute Gasteiger partial charge is 0.320 e. The number of carbonyl (C=O) groups excluding carboxylic acids is 1. The summed E-state index contributed by atoms with van der Waals surface area (Å²) in [6, 6.07) is 14.8. The molecule has 5 nitrogen and oxygen atoms in total. The van der Waals surface area contributed by atoms with Crippen molar-refractivity contribution in [2.45, 2.75) is 0 Å². The maximum Gasteiger partial charge on any atom is 0.271 e. The van der Waals surface area contributed by atoms with E-state index in [1.807, 2.05) is 24.3 Å². The van der Waals surface area contributed by atoms with Crippen molar-refractivity contribution in [1.82, 2.24) is 0 Å². The van der Waals surface area contributed by atoms with Crippen LogP contribution in [0.4, 0.5) is 11.4 Å². The molecule has 0 aliphatic heterocycles. The van der Waals surface area contributed by atoms with Crippen molar-refractivity contribution in [1.29, 1.82) is 0 Å². The van der Waals surface area contributed by atoms with Crippen LogP contribution in [0.5, 0.6) is 0 Å². The van der Waals surface area contributed by atoms with Crippen molar-refractivity contribution in [3.8, 4) is 0 Å². The van der Waals surface area contributed by atoms with Gasteiger partial charge in [-0.2, -0.15) is 0 Å². The van der Waals surface area contributed by atoms with E-state index in [9.17, 15) is 14.9 Å². The number of nitro benzene ring substituents is 1. The van der Waals surface area contributed by atoms with Gasteiger partial charge in [0.15, 0.2) is 0 Å². The Morgan fingerprint density at radius 3 is 2.54 bits per heavy atom. The zero-order valence-corrected chi connectivity index (χ0v) is 14.5. The Morgan fingerprint density at radius 2 is 1.79 bits per heavy atom. The SMILES string of the molecule is O=C(Nc1cc([N+](=O)[O-])ccc1Cl)c1cccc2c(Br)cccc12. The number of carbonyl (C=O) groups is 1. The molecule has 0 spiro atoms. The number of fused-ring (bicyclic) bond motifs is 1. The summed E-state index contributed by atoms with van der Waals surface area (Å²) in [5.41, 5.74) is 0.509. The van der Waals surface area contributed by atoms with Gasteiger partial charge >= 0.3 is 0 Å². The van der Waals surface area contributed by atoms with Gasteiger partial charge in [-0.05, 0) is 29.0 Å². The smallest absolute Gasteiger partial charge is 0.271 e. The molecule has 120 valence electrons. The molecule has 0 saturated heterocycles. The summed E-state index contributed by atoms with van der Waals surface area (Å²) in [6.07, 6.45) is 0. The van der Waals surface area contributed by atoms with Gasteiger partial charge in [-0.25, -0.2) is 0 Å². The lowest BCUT2D eigenvalue weighted by molar-refractivity contribution is -0.384. The molecule has 0 heterocycles. The van der Waals surface area contributed by atoms with Gasteiger partial charge in [0.1, 0.15) is 0 Å². The van der Waals surface area contributed by atoms with Crippen molar-refractivity contribution in [2.75, 3.05) is 5.32 Å². The van der Waals surface area contributed by atoms with Crippen LogP contribution in [0.2, 0.25) is 5.02 Å². The second-order valence-electron chi connectivity index (χ2n) is 5.02. The van der Waals surface area contributed by atoms with E-state index in [1.165, 1.54) is 18.2 Å².